The number of carboxylic acid groups (broad SMARTS) is 1. The maximum Gasteiger partial charge on any atom is 0.347 e. The Morgan fingerprint density at radius 2 is 2.30 bits per heavy atom. The smallest absolute Gasteiger partial charge is 0.347 e. The standard InChI is InChI=1S/C12H15N5O3/c1-15-6-5-8(13-15)7-16-12(20)17-9(11(18)19)3-2-4-10(17)14-16/h5-6,9H,2-4,7H2,1H3,(H,18,19). The van der Waals surface area contributed by atoms with Gasteiger partial charge in [-0.2, -0.15) is 10.2 Å². The van der Waals surface area contributed by atoms with Crippen molar-refractivity contribution in [3.63, 3.8) is 0 Å². The number of aliphatic carboxylic acids is 1. The van der Waals surface area contributed by atoms with Crippen LogP contribution in [-0.2, 0) is 24.8 Å². The summed E-state index contributed by atoms with van der Waals surface area (Å²) in [6.07, 6.45) is 3.62. The monoisotopic (exact) mass is 277 g/mol. The normalized spacial score (nSPS) is 17.9. The van der Waals surface area contributed by atoms with Gasteiger partial charge in [0.05, 0.1) is 12.2 Å². The van der Waals surface area contributed by atoms with E-state index in [1.165, 1.54) is 9.25 Å². The van der Waals surface area contributed by atoms with Crippen LogP contribution in [0.15, 0.2) is 17.1 Å². The second-order valence-corrected chi connectivity index (χ2v) is 4.95. The van der Waals surface area contributed by atoms with Crippen LogP contribution in [0.4, 0.5) is 0 Å². The molecule has 2 aromatic heterocycles. The molecule has 0 radical (unpaired) electrons. The van der Waals surface area contributed by atoms with Crippen molar-refractivity contribution in [1.29, 1.82) is 0 Å². The van der Waals surface area contributed by atoms with Crippen LogP contribution in [0.25, 0.3) is 0 Å². The molecule has 0 amide bonds. The van der Waals surface area contributed by atoms with E-state index in [1.807, 2.05) is 0 Å². The lowest BCUT2D eigenvalue weighted by atomic mass is 10.1. The van der Waals surface area contributed by atoms with Crippen molar-refractivity contribution in [3.8, 4) is 0 Å². The fourth-order valence-electron chi connectivity index (χ4n) is 2.57. The summed E-state index contributed by atoms with van der Waals surface area (Å²) >= 11 is 0. The zero-order valence-electron chi connectivity index (χ0n) is 11.1. The highest BCUT2D eigenvalue weighted by Crippen LogP contribution is 2.21. The van der Waals surface area contributed by atoms with E-state index in [4.69, 9.17) is 0 Å². The molecule has 0 fully saturated rings. The van der Waals surface area contributed by atoms with Gasteiger partial charge >= 0.3 is 11.7 Å². The molecule has 0 saturated heterocycles. The van der Waals surface area contributed by atoms with Gasteiger partial charge < -0.3 is 5.11 Å². The highest BCUT2D eigenvalue weighted by Gasteiger charge is 2.30. The van der Waals surface area contributed by atoms with Gasteiger partial charge in [-0.1, -0.05) is 0 Å². The summed E-state index contributed by atoms with van der Waals surface area (Å²) in [4.78, 5) is 23.5. The lowest BCUT2D eigenvalue weighted by Gasteiger charge is -2.19. The van der Waals surface area contributed by atoms with Crippen LogP contribution in [0, 0.1) is 0 Å². The Balaban J connectivity index is 1.98. The highest BCUT2D eigenvalue weighted by molar-refractivity contribution is 5.72. The first-order valence-electron chi connectivity index (χ1n) is 6.46. The predicted octanol–water partition coefficient (Wildman–Crippen LogP) is -0.211. The van der Waals surface area contributed by atoms with Crippen LogP contribution in [0.1, 0.15) is 30.4 Å². The Kier molecular flexibility index (Phi) is 2.92. The van der Waals surface area contributed by atoms with Gasteiger partial charge in [0.15, 0.2) is 0 Å². The molecule has 0 aliphatic carbocycles. The number of aromatic nitrogens is 5. The summed E-state index contributed by atoms with van der Waals surface area (Å²) in [5.74, 6) is -0.435. The number of carboxylic acids is 1. The zero-order chi connectivity index (χ0) is 14.3. The molecule has 1 unspecified atom stereocenters. The summed E-state index contributed by atoms with van der Waals surface area (Å²) in [6.45, 7) is 0.256. The first-order chi connectivity index (χ1) is 9.56. The third-order valence-electron chi connectivity index (χ3n) is 3.50. The molecule has 1 N–H and O–H groups in total. The lowest BCUT2D eigenvalue weighted by molar-refractivity contribution is -0.141. The minimum absolute atomic E-state index is 0.256. The third kappa shape index (κ3) is 2.02. The van der Waals surface area contributed by atoms with E-state index in [9.17, 15) is 14.7 Å². The number of rotatable bonds is 3. The predicted molar refractivity (Wildman–Crippen MR) is 68.4 cm³/mol. The van der Waals surface area contributed by atoms with Gasteiger partial charge in [-0.25, -0.2) is 14.3 Å². The molecule has 1 atom stereocenters. The first-order valence-corrected chi connectivity index (χ1v) is 6.46. The molecule has 3 heterocycles. The Labute approximate surface area is 114 Å². The van der Waals surface area contributed by atoms with Crippen molar-refractivity contribution < 1.29 is 9.90 Å². The van der Waals surface area contributed by atoms with Crippen molar-refractivity contribution in [3.05, 3.63) is 34.3 Å². The van der Waals surface area contributed by atoms with Gasteiger partial charge in [0.25, 0.3) is 0 Å². The summed E-state index contributed by atoms with van der Waals surface area (Å²) in [6, 6.07) is 1.00. The first kappa shape index (κ1) is 12.6. The van der Waals surface area contributed by atoms with Crippen LogP contribution in [0.3, 0.4) is 0 Å². The Hall–Kier alpha value is -2.38. The number of hydrogen-bond acceptors (Lipinski definition) is 4. The molecule has 8 heteroatoms. The molecular formula is C12H15N5O3. The van der Waals surface area contributed by atoms with Gasteiger partial charge in [0.1, 0.15) is 11.9 Å². The van der Waals surface area contributed by atoms with E-state index in [0.29, 0.717) is 18.7 Å². The molecule has 0 spiro atoms. The molecule has 106 valence electrons. The van der Waals surface area contributed by atoms with E-state index in [2.05, 4.69) is 10.2 Å². The van der Waals surface area contributed by atoms with E-state index in [-0.39, 0.29) is 12.2 Å². The minimum atomic E-state index is -0.981. The molecular weight excluding hydrogens is 262 g/mol. The molecule has 0 aromatic carbocycles. The zero-order valence-corrected chi connectivity index (χ0v) is 11.1. The molecule has 3 rings (SSSR count). The van der Waals surface area contributed by atoms with E-state index in [1.54, 1.807) is 24.0 Å². The van der Waals surface area contributed by atoms with Gasteiger partial charge in [-0.3, -0.25) is 9.25 Å². The average Bonchev–Trinajstić information content (AvgIpc) is 2.95. The quantitative estimate of drug-likeness (QED) is 0.837. The second kappa shape index (κ2) is 4.62. The molecule has 1 aliphatic rings. The maximum absolute atomic E-state index is 12.3. The van der Waals surface area contributed by atoms with Crippen molar-refractivity contribution in [2.75, 3.05) is 0 Å². The van der Waals surface area contributed by atoms with Crippen LogP contribution in [-0.4, -0.2) is 35.2 Å². The Morgan fingerprint density at radius 1 is 1.50 bits per heavy atom. The number of fused-ring (bicyclic) bond motifs is 1. The Morgan fingerprint density at radius 3 is 2.95 bits per heavy atom. The summed E-state index contributed by atoms with van der Waals surface area (Å²) in [5, 5.41) is 17.6. The van der Waals surface area contributed by atoms with Crippen molar-refractivity contribution >= 4 is 5.97 Å². The summed E-state index contributed by atoms with van der Waals surface area (Å²) in [7, 11) is 1.80. The molecule has 8 nitrogen and oxygen atoms in total. The van der Waals surface area contributed by atoms with Gasteiger partial charge in [-0.15, -0.1) is 0 Å². The molecule has 0 saturated carbocycles. The minimum Gasteiger partial charge on any atom is -0.480 e. The fraction of sp³-hybridized carbons (Fsp3) is 0.500. The van der Waals surface area contributed by atoms with E-state index in [0.717, 1.165) is 12.1 Å². The Bertz CT molecular complexity index is 711. The second-order valence-electron chi connectivity index (χ2n) is 4.95. The van der Waals surface area contributed by atoms with Gasteiger partial charge in [0.2, 0.25) is 0 Å². The van der Waals surface area contributed by atoms with Crippen LogP contribution < -0.4 is 5.69 Å². The van der Waals surface area contributed by atoms with Crippen molar-refractivity contribution in [2.24, 2.45) is 7.05 Å². The van der Waals surface area contributed by atoms with E-state index < -0.39 is 12.0 Å². The number of aryl methyl sites for hydroxylation is 2. The SMILES string of the molecule is Cn1ccc(Cn2nc3n(c2=O)C(C(=O)O)CCC3)n1. The largest absolute Gasteiger partial charge is 0.480 e. The summed E-state index contributed by atoms with van der Waals surface area (Å²) < 4.78 is 4.24. The lowest BCUT2D eigenvalue weighted by Crippen LogP contribution is -2.34. The molecule has 2 aromatic rings. The van der Waals surface area contributed by atoms with Crippen LogP contribution in [0.5, 0.6) is 0 Å². The van der Waals surface area contributed by atoms with Crippen molar-refractivity contribution in [1.82, 2.24) is 24.1 Å². The number of nitrogens with zero attached hydrogens (tertiary/aromatic N) is 5. The van der Waals surface area contributed by atoms with Crippen molar-refractivity contribution in [2.45, 2.75) is 31.8 Å². The average molecular weight is 277 g/mol. The topological polar surface area (TPSA) is 94.9 Å². The number of hydrogen-bond donors (Lipinski definition) is 1. The molecule has 20 heavy (non-hydrogen) atoms. The summed E-state index contributed by atoms with van der Waals surface area (Å²) in [5.41, 5.74) is 0.342. The van der Waals surface area contributed by atoms with E-state index >= 15 is 0 Å². The highest BCUT2D eigenvalue weighted by atomic mass is 16.4. The molecule has 0 bridgehead atoms. The molecule has 1 aliphatic heterocycles. The van der Waals surface area contributed by atoms with Crippen LogP contribution in [0.2, 0.25) is 0 Å². The van der Waals surface area contributed by atoms with Gasteiger partial charge in [-0.05, 0) is 18.9 Å². The van der Waals surface area contributed by atoms with Crippen LogP contribution >= 0.6 is 0 Å². The van der Waals surface area contributed by atoms with Gasteiger partial charge in [0, 0.05) is 19.7 Å². The maximum atomic E-state index is 12.3. The fourth-order valence-corrected chi connectivity index (χ4v) is 2.57. The number of carbonyl (C=O) groups is 1. The third-order valence-corrected chi connectivity index (χ3v) is 3.50.